The van der Waals surface area contributed by atoms with E-state index in [4.69, 9.17) is 0 Å². The van der Waals surface area contributed by atoms with Crippen molar-refractivity contribution in [3.8, 4) is 11.8 Å². The fraction of sp³-hybridized carbons (Fsp3) is 0.400. The zero-order chi connectivity index (χ0) is 20.2. The van der Waals surface area contributed by atoms with Crippen LogP contribution in [0.5, 0.6) is 0 Å². The molecule has 1 atom stereocenters. The van der Waals surface area contributed by atoms with Crippen LogP contribution in [0.1, 0.15) is 51.6 Å². The van der Waals surface area contributed by atoms with Crippen molar-refractivity contribution in [3.05, 3.63) is 60.2 Å². The third-order valence-corrected chi connectivity index (χ3v) is 5.04. The molecule has 0 aliphatic heterocycles. The molecule has 0 saturated carbocycles. The number of carbonyl (C=O) groups is 1. The van der Waals surface area contributed by atoms with Crippen LogP contribution in [0, 0.1) is 17.8 Å². The lowest BCUT2D eigenvalue weighted by molar-refractivity contribution is -0.125. The highest BCUT2D eigenvalue weighted by atomic mass is 16.1. The van der Waals surface area contributed by atoms with Crippen molar-refractivity contribution in [1.29, 1.82) is 0 Å². The molecule has 0 spiro atoms. The lowest BCUT2D eigenvalue weighted by Crippen LogP contribution is -2.30. The first kappa shape index (κ1) is 21.7. The molecule has 148 valence electrons. The Bertz CT molecular complexity index is 835. The van der Waals surface area contributed by atoms with Crippen LogP contribution in [-0.2, 0) is 4.79 Å². The maximum absolute atomic E-state index is 11.9. The quantitative estimate of drug-likeness (QED) is 0.478. The number of hydrogen-bond donors (Lipinski definition) is 2. The Morgan fingerprint density at radius 1 is 1.11 bits per heavy atom. The molecular formula is C25H32N2O. The molecule has 2 rings (SSSR count). The molecule has 0 aliphatic rings. The van der Waals surface area contributed by atoms with Gasteiger partial charge in [-0.05, 0) is 42.2 Å². The van der Waals surface area contributed by atoms with Crippen molar-refractivity contribution in [3.63, 3.8) is 0 Å². The van der Waals surface area contributed by atoms with E-state index in [-0.39, 0.29) is 17.9 Å². The van der Waals surface area contributed by atoms with Gasteiger partial charge in [0.1, 0.15) is 0 Å². The van der Waals surface area contributed by atoms with Gasteiger partial charge in [0.2, 0.25) is 5.91 Å². The number of carbonyl (C=O) groups excluding carboxylic acids is 1. The monoisotopic (exact) mass is 376 g/mol. The predicted octanol–water partition coefficient (Wildman–Crippen LogP) is 4.99. The molecule has 0 bridgehead atoms. The smallest absolute Gasteiger partial charge is 0.223 e. The summed E-state index contributed by atoms with van der Waals surface area (Å²) in [6.45, 7) is 7.67. The normalized spacial score (nSPS) is 12.1. The molecular weight excluding hydrogens is 344 g/mol. The maximum atomic E-state index is 11.9. The first-order valence-corrected chi connectivity index (χ1v) is 10.3. The van der Waals surface area contributed by atoms with E-state index in [0.29, 0.717) is 13.0 Å². The van der Waals surface area contributed by atoms with Crippen molar-refractivity contribution >= 4 is 16.7 Å². The molecule has 0 aliphatic carbocycles. The second-order valence-corrected chi connectivity index (χ2v) is 6.98. The van der Waals surface area contributed by atoms with Crippen LogP contribution in [0.3, 0.4) is 0 Å². The Balaban J connectivity index is 1.71. The minimum atomic E-state index is 0.127. The largest absolute Gasteiger partial charge is 0.355 e. The fourth-order valence-corrected chi connectivity index (χ4v) is 3.28. The molecule has 3 nitrogen and oxygen atoms in total. The van der Waals surface area contributed by atoms with Crippen LogP contribution in [0.4, 0.5) is 0 Å². The topological polar surface area (TPSA) is 41.1 Å². The van der Waals surface area contributed by atoms with Gasteiger partial charge in [0.05, 0.1) is 0 Å². The standard InChI is InChI=1S/C25H32N2O/c1-4-21(5-2)25(28)27-19-12-8-6-7-11-18-26-20(3)23-17-13-15-22-14-9-10-16-24(22)23/h7,9-11,13-17,20-21,26H,4-5,12,18-19H2,1-3H3,(H,27,28)/t20-/m1/s1. The number of nitrogens with one attached hydrogen (secondary N) is 2. The lowest BCUT2D eigenvalue weighted by atomic mass is 10.00. The van der Waals surface area contributed by atoms with Crippen molar-refractivity contribution < 1.29 is 4.79 Å². The van der Waals surface area contributed by atoms with Crippen LogP contribution in [0.15, 0.2) is 54.6 Å². The zero-order valence-corrected chi connectivity index (χ0v) is 17.3. The van der Waals surface area contributed by atoms with Crippen molar-refractivity contribution in [2.45, 2.75) is 46.1 Å². The molecule has 0 fully saturated rings. The molecule has 2 aromatic carbocycles. The number of hydrogen-bond acceptors (Lipinski definition) is 2. The van der Waals surface area contributed by atoms with Crippen LogP contribution in [0.2, 0.25) is 0 Å². The molecule has 2 N–H and O–H groups in total. The van der Waals surface area contributed by atoms with E-state index in [2.05, 4.69) is 71.9 Å². The third kappa shape index (κ3) is 6.55. The lowest BCUT2D eigenvalue weighted by Gasteiger charge is -2.15. The van der Waals surface area contributed by atoms with Crippen molar-refractivity contribution in [2.24, 2.45) is 5.92 Å². The minimum Gasteiger partial charge on any atom is -0.355 e. The number of amides is 1. The summed E-state index contributed by atoms with van der Waals surface area (Å²) in [7, 11) is 0. The highest BCUT2D eigenvalue weighted by Gasteiger charge is 2.12. The summed E-state index contributed by atoms with van der Waals surface area (Å²) in [5.74, 6) is 6.39. The van der Waals surface area contributed by atoms with Gasteiger partial charge in [-0.3, -0.25) is 4.79 Å². The Kier molecular flexibility index (Phi) is 9.31. The van der Waals surface area contributed by atoms with Crippen molar-refractivity contribution in [2.75, 3.05) is 13.1 Å². The second-order valence-electron chi connectivity index (χ2n) is 6.98. The van der Waals surface area contributed by atoms with E-state index >= 15 is 0 Å². The number of fused-ring (bicyclic) bond motifs is 1. The fourth-order valence-electron chi connectivity index (χ4n) is 3.28. The third-order valence-electron chi connectivity index (χ3n) is 5.04. The molecule has 1 amide bonds. The van der Waals surface area contributed by atoms with E-state index in [9.17, 15) is 4.79 Å². The van der Waals surface area contributed by atoms with Crippen LogP contribution < -0.4 is 10.6 Å². The summed E-state index contributed by atoms with van der Waals surface area (Å²) in [4.78, 5) is 11.9. The Morgan fingerprint density at radius 3 is 2.64 bits per heavy atom. The van der Waals surface area contributed by atoms with Crippen LogP contribution >= 0.6 is 0 Å². The molecule has 0 heterocycles. The van der Waals surface area contributed by atoms with Gasteiger partial charge in [-0.1, -0.05) is 74.2 Å². The first-order valence-electron chi connectivity index (χ1n) is 10.3. The average Bonchev–Trinajstić information content (AvgIpc) is 2.72. The molecule has 3 heteroatoms. The molecule has 0 unspecified atom stereocenters. The van der Waals surface area contributed by atoms with Gasteiger partial charge >= 0.3 is 0 Å². The summed E-state index contributed by atoms with van der Waals surface area (Å²) >= 11 is 0. The van der Waals surface area contributed by atoms with Gasteiger partial charge in [0, 0.05) is 31.5 Å². The second kappa shape index (κ2) is 12.0. The summed E-state index contributed by atoms with van der Waals surface area (Å²) in [5, 5.41) is 9.04. The molecule has 2 aromatic rings. The Hall–Kier alpha value is -2.57. The number of allylic oxidation sites excluding steroid dienone is 1. The van der Waals surface area contributed by atoms with E-state index in [0.717, 1.165) is 19.4 Å². The summed E-state index contributed by atoms with van der Waals surface area (Å²) < 4.78 is 0. The van der Waals surface area contributed by atoms with Gasteiger partial charge in [-0.2, -0.15) is 0 Å². The van der Waals surface area contributed by atoms with E-state index in [1.807, 2.05) is 26.0 Å². The van der Waals surface area contributed by atoms with Crippen LogP contribution in [0.25, 0.3) is 10.8 Å². The Labute approximate surface area is 169 Å². The Morgan fingerprint density at radius 2 is 1.86 bits per heavy atom. The first-order chi connectivity index (χ1) is 13.7. The van der Waals surface area contributed by atoms with Gasteiger partial charge in [0.15, 0.2) is 0 Å². The molecule has 0 radical (unpaired) electrons. The SMILES string of the molecule is CCC(CC)C(=O)NCCC#CC=CCN[C@H](C)c1cccc2ccccc12. The number of rotatable bonds is 9. The van der Waals surface area contributed by atoms with Gasteiger partial charge < -0.3 is 10.6 Å². The molecule has 0 aromatic heterocycles. The summed E-state index contributed by atoms with van der Waals surface area (Å²) in [5.41, 5.74) is 1.31. The highest BCUT2D eigenvalue weighted by Crippen LogP contribution is 2.23. The van der Waals surface area contributed by atoms with E-state index < -0.39 is 0 Å². The van der Waals surface area contributed by atoms with Crippen molar-refractivity contribution in [1.82, 2.24) is 10.6 Å². The zero-order valence-electron chi connectivity index (χ0n) is 17.3. The van der Waals surface area contributed by atoms with E-state index in [1.54, 1.807) is 0 Å². The van der Waals surface area contributed by atoms with Gasteiger partial charge in [0.25, 0.3) is 0 Å². The molecule has 28 heavy (non-hydrogen) atoms. The summed E-state index contributed by atoms with van der Waals surface area (Å²) in [6, 6.07) is 15.2. The van der Waals surface area contributed by atoms with Gasteiger partial charge in [-0.15, -0.1) is 0 Å². The highest BCUT2D eigenvalue weighted by molar-refractivity contribution is 5.86. The molecule has 0 saturated heterocycles. The maximum Gasteiger partial charge on any atom is 0.223 e. The van der Waals surface area contributed by atoms with Gasteiger partial charge in [-0.25, -0.2) is 0 Å². The minimum absolute atomic E-state index is 0.127. The van der Waals surface area contributed by atoms with Crippen LogP contribution in [-0.4, -0.2) is 19.0 Å². The number of benzene rings is 2. The van der Waals surface area contributed by atoms with E-state index in [1.165, 1.54) is 16.3 Å². The predicted molar refractivity (Wildman–Crippen MR) is 119 cm³/mol. The average molecular weight is 377 g/mol. The summed E-state index contributed by atoms with van der Waals surface area (Å²) in [6.07, 6.45) is 6.38.